The van der Waals surface area contributed by atoms with Gasteiger partial charge >= 0.3 is 6.09 Å². The highest BCUT2D eigenvalue weighted by Crippen LogP contribution is 2.46. The first-order valence-electron chi connectivity index (χ1n) is 7.60. The Kier molecular flexibility index (Phi) is 3.65. The van der Waals surface area contributed by atoms with Gasteiger partial charge in [0.2, 0.25) is 0 Å². The molecule has 0 aromatic heterocycles. The molecule has 23 heavy (non-hydrogen) atoms. The smallest absolute Gasteiger partial charge is 0.410 e. The molecule has 5 rings (SSSR count). The summed E-state index contributed by atoms with van der Waals surface area (Å²) < 4.78 is 29.8. The average molecular weight is 351 g/mol. The molecule has 0 saturated carbocycles. The molecule has 2 fully saturated rings. The van der Waals surface area contributed by atoms with E-state index in [2.05, 4.69) is 6.08 Å². The van der Waals surface area contributed by atoms with Gasteiger partial charge in [-0.05, 0) is 24.5 Å². The van der Waals surface area contributed by atoms with Crippen molar-refractivity contribution in [2.45, 2.75) is 16.5 Å². The van der Waals surface area contributed by atoms with Crippen molar-refractivity contribution in [3.8, 4) is 5.75 Å². The SMILES string of the molecule is O=C(Oc1ccccc1)N1C[C@@H]2C=C[C@H]1C1(C2)[S@](=O)CC[S@@]1=O. The van der Waals surface area contributed by atoms with Crippen LogP contribution in [0.5, 0.6) is 5.75 Å². The van der Waals surface area contributed by atoms with Gasteiger partial charge in [-0.2, -0.15) is 0 Å². The summed E-state index contributed by atoms with van der Waals surface area (Å²) in [6.07, 6.45) is 4.11. The molecule has 1 aromatic carbocycles. The van der Waals surface area contributed by atoms with Crippen LogP contribution in [0, 0.1) is 5.92 Å². The van der Waals surface area contributed by atoms with Crippen molar-refractivity contribution in [2.75, 3.05) is 18.1 Å². The van der Waals surface area contributed by atoms with Crippen molar-refractivity contribution in [3.05, 3.63) is 42.5 Å². The van der Waals surface area contributed by atoms with E-state index in [1.807, 2.05) is 12.1 Å². The van der Waals surface area contributed by atoms with Gasteiger partial charge in [-0.15, -0.1) is 0 Å². The van der Waals surface area contributed by atoms with E-state index in [0.717, 1.165) is 0 Å². The maximum Gasteiger partial charge on any atom is 0.415 e. The quantitative estimate of drug-likeness (QED) is 0.722. The predicted octanol–water partition coefficient (Wildman–Crippen LogP) is 1.65. The molecule has 5 nitrogen and oxygen atoms in total. The zero-order valence-electron chi connectivity index (χ0n) is 12.4. The van der Waals surface area contributed by atoms with Crippen molar-refractivity contribution >= 4 is 27.7 Å². The Hall–Kier alpha value is -1.47. The van der Waals surface area contributed by atoms with Crippen LogP contribution in [0.3, 0.4) is 0 Å². The van der Waals surface area contributed by atoms with E-state index in [1.54, 1.807) is 29.2 Å². The van der Waals surface area contributed by atoms with Crippen LogP contribution >= 0.6 is 0 Å². The first-order chi connectivity index (χ1) is 11.1. The molecule has 1 amide bonds. The molecule has 2 saturated heterocycles. The molecule has 2 bridgehead atoms. The highest BCUT2D eigenvalue weighted by Gasteiger charge is 2.60. The molecule has 4 aliphatic rings. The van der Waals surface area contributed by atoms with Gasteiger partial charge in [0.1, 0.15) is 9.83 Å². The third-order valence-corrected chi connectivity index (χ3v) is 9.62. The normalized spacial score (nSPS) is 38.2. The minimum Gasteiger partial charge on any atom is -0.410 e. The van der Waals surface area contributed by atoms with Crippen molar-refractivity contribution < 1.29 is 17.9 Å². The Balaban J connectivity index is 1.63. The summed E-state index contributed by atoms with van der Waals surface area (Å²) in [6, 6.07) is 8.48. The van der Waals surface area contributed by atoms with E-state index in [1.165, 1.54) is 0 Å². The van der Waals surface area contributed by atoms with Crippen LogP contribution in [-0.4, -0.2) is 47.6 Å². The largest absolute Gasteiger partial charge is 0.415 e. The van der Waals surface area contributed by atoms with Gasteiger partial charge in [-0.1, -0.05) is 30.4 Å². The second kappa shape index (κ2) is 5.56. The summed E-state index contributed by atoms with van der Waals surface area (Å²) in [4.78, 5) is 14.2. The summed E-state index contributed by atoms with van der Waals surface area (Å²) >= 11 is 0. The van der Waals surface area contributed by atoms with Crippen LogP contribution in [0.4, 0.5) is 4.79 Å². The Morgan fingerprint density at radius 1 is 1.13 bits per heavy atom. The molecule has 3 aliphatic heterocycles. The van der Waals surface area contributed by atoms with Crippen LogP contribution in [0.15, 0.2) is 42.5 Å². The third-order valence-electron chi connectivity index (χ3n) is 4.74. The van der Waals surface area contributed by atoms with Gasteiger partial charge in [0, 0.05) is 39.6 Å². The lowest BCUT2D eigenvalue weighted by Crippen LogP contribution is -2.64. The lowest BCUT2D eigenvalue weighted by atomic mass is 9.85. The van der Waals surface area contributed by atoms with Crippen LogP contribution < -0.4 is 4.74 Å². The summed E-state index contributed by atoms with van der Waals surface area (Å²) in [5, 5.41) is 0. The van der Waals surface area contributed by atoms with E-state index in [4.69, 9.17) is 4.74 Å². The number of piperidine rings is 1. The molecule has 1 aromatic rings. The number of hydrogen-bond acceptors (Lipinski definition) is 4. The molecule has 0 radical (unpaired) electrons. The molecule has 122 valence electrons. The number of benzene rings is 1. The maximum absolute atomic E-state index is 12.6. The number of fused-ring (bicyclic) bond motifs is 1. The van der Waals surface area contributed by atoms with Crippen molar-refractivity contribution in [1.82, 2.24) is 4.90 Å². The topological polar surface area (TPSA) is 63.7 Å². The van der Waals surface area contributed by atoms with Crippen molar-refractivity contribution in [3.63, 3.8) is 0 Å². The van der Waals surface area contributed by atoms with E-state index >= 15 is 0 Å². The van der Waals surface area contributed by atoms with Crippen LogP contribution in [0.1, 0.15) is 6.42 Å². The number of para-hydroxylation sites is 1. The first kappa shape index (κ1) is 15.1. The fourth-order valence-electron chi connectivity index (χ4n) is 3.69. The van der Waals surface area contributed by atoms with E-state index in [0.29, 0.717) is 30.2 Å². The van der Waals surface area contributed by atoms with Gasteiger partial charge in [0.25, 0.3) is 0 Å². The number of rotatable bonds is 1. The van der Waals surface area contributed by atoms with E-state index in [9.17, 15) is 13.2 Å². The lowest BCUT2D eigenvalue weighted by molar-refractivity contribution is 0.105. The number of hydrogen-bond donors (Lipinski definition) is 0. The van der Waals surface area contributed by atoms with Gasteiger partial charge in [0.05, 0.1) is 6.04 Å². The fraction of sp³-hybridized carbons (Fsp3) is 0.438. The molecule has 0 N–H and O–H groups in total. The Morgan fingerprint density at radius 2 is 1.83 bits per heavy atom. The van der Waals surface area contributed by atoms with Crippen molar-refractivity contribution in [2.24, 2.45) is 5.92 Å². The first-order valence-corrected chi connectivity index (χ1v) is 10.2. The second-order valence-electron chi connectivity index (χ2n) is 6.04. The number of amides is 1. The van der Waals surface area contributed by atoms with Gasteiger partial charge in [-0.25, -0.2) is 4.79 Å². The summed E-state index contributed by atoms with van der Waals surface area (Å²) in [5.74, 6) is 1.47. The number of carbonyl (C=O) groups excluding carboxylic acids is 1. The third kappa shape index (κ3) is 2.29. The fourth-order valence-corrected chi connectivity index (χ4v) is 8.67. The molecule has 1 aliphatic carbocycles. The minimum atomic E-state index is -1.18. The van der Waals surface area contributed by atoms with Gasteiger partial charge in [0.15, 0.2) is 0 Å². The van der Waals surface area contributed by atoms with Crippen LogP contribution in [-0.2, 0) is 21.6 Å². The molecular formula is C16H17NO4S2. The molecule has 5 atom stereocenters. The molecular weight excluding hydrogens is 334 g/mol. The second-order valence-corrected chi connectivity index (χ2v) is 9.95. The van der Waals surface area contributed by atoms with Crippen LogP contribution in [0.2, 0.25) is 0 Å². The van der Waals surface area contributed by atoms with Gasteiger partial charge < -0.3 is 4.74 Å². The predicted molar refractivity (Wildman–Crippen MR) is 89.0 cm³/mol. The number of carbonyl (C=O) groups is 1. The minimum absolute atomic E-state index is 0.0920. The molecule has 1 spiro atoms. The average Bonchev–Trinajstić information content (AvgIpc) is 2.85. The van der Waals surface area contributed by atoms with Crippen molar-refractivity contribution in [1.29, 1.82) is 0 Å². The zero-order valence-corrected chi connectivity index (χ0v) is 14.1. The summed E-state index contributed by atoms with van der Waals surface area (Å²) in [7, 11) is -2.36. The standard InChI is InChI=1S/C16H17NO4S2/c18-15(21-13-4-2-1-3-5-13)17-11-12-6-7-14(17)16(10-12)22(19)8-9-23(16)20/h1-7,12,14H,8-11H2/t12-,14+,16?,22-,23+/m1/s1. The molecule has 1 unspecified atom stereocenters. The molecule has 3 heterocycles. The Bertz CT molecular complexity index is 702. The Labute approximate surface area is 139 Å². The van der Waals surface area contributed by atoms with E-state index < -0.39 is 37.8 Å². The highest BCUT2D eigenvalue weighted by atomic mass is 32.3. The van der Waals surface area contributed by atoms with Crippen LogP contribution in [0.25, 0.3) is 0 Å². The monoisotopic (exact) mass is 351 g/mol. The maximum atomic E-state index is 12.6. The Morgan fingerprint density at radius 3 is 2.48 bits per heavy atom. The van der Waals surface area contributed by atoms with E-state index in [-0.39, 0.29) is 5.92 Å². The molecule has 7 heteroatoms. The number of ether oxygens (including phenoxy) is 1. The lowest BCUT2D eigenvalue weighted by Gasteiger charge is -2.49. The van der Waals surface area contributed by atoms with Gasteiger partial charge in [-0.3, -0.25) is 13.3 Å². The number of nitrogens with zero attached hydrogens (tertiary/aromatic N) is 1. The summed E-state index contributed by atoms with van der Waals surface area (Å²) in [6.45, 7) is 0.531. The highest BCUT2D eigenvalue weighted by molar-refractivity contribution is 8.07. The zero-order chi connectivity index (χ0) is 16.0. The summed E-state index contributed by atoms with van der Waals surface area (Å²) in [5.41, 5.74) is 0.